The summed E-state index contributed by atoms with van der Waals surface area (Å²) in [7, 11) is 0. The molecular weight excluding hydrogens is 374 g/mol. The summed E-state index contributed by atoms with van der Waals surface area (Å²) in [5.74, 6) is 4.82. The number of amides is 1. The molecule has 2 bridgehead atoms. The Hall–Kier alpha value is -1.81. The van der Waals surface area contributed by atoms with E-state index in [0.717, 1.165) is 52.7 Å². The van der Waals surface area contributed by atoms with E-state index in [-0.39, 0.29) is 6.09 Å². The molecule has 1 N–H and O–H groups in total. The first kappa shape index (κ1) is 20.1. The SMILES string of the molecule is C=C(C)c1cccc(C(C)(C)NC(=O)OCCC2CC3C4CC5OC5C4C2[C@H]3C)c1. The molecule has 1 aromatic carbocycles. The maximum Gasteiger partial charge on any atom is 0.407 e. The number of alkyl carbamates (subject to hydrolysis) is 1. The summed E-state index contributed by atoms with van der Waals surface area (Å²) >= 11 is 0. The number of fused-ring (bicyclic) bond motifs is 7. The van der Waals surface area contributed by atoms with Crippen LogP contribution in [0.15, 0.2) is 30.8 Å². The van der Waals surface area contributed by atoms with Crippen molar-refractivity contribution in [1.29, 1.82) is 0 Å². The molecule has 4 heteroatoms. The molecule has 4 fully saturated rings. The maximum atomic E-state index is 12.5. The van der Waals surface area contributed by atoms with Crippen LogP contribution in [-0.4, -0.2) is 24.9 Å². The van der Waals surface area contributed by atoms with Crippen molar-refractivity contribution in [2.24, 2.45) is 35.5 Å². The molecule has 1 aromatic rings. The molecule has 8 atom stereocenters. The second kappa shape index (κ2) is 7.12. The minimum Gasteiger partial charge on any atom is -0.450 e. The highest BCUT2D eigenvalue weighted by atomic mass is 16.6. The topological polar surface area (TPSA) is 50.9 Å². The van der Waals surface area contributed by atoms with E-state index in [1.54, 1.807) is 0 Å². The van der Waals surface area contributed by atoms with Gasteiger partial charge in [0.05, 0.1) is 24.4 Å². The van der Waals surface area contributed by atoms with Crippen molar-refractivity contribution in [2.45, 2.75) is 64.7 Å². The molecule has 5 rings (SSSR count). The van der Waals surface area contributed by atoms with Gasteiger partial charge in [-0.1, -0.05) is 37.3 Å². The molecule has 1 heterocycles. The molecule has 30 heavy (non-hydrogen) atoms. The molecule has 162 valence electrons. The first-order valence-corrected chi connectivity index (χ1v) is 11.6. The zero-order chi connectivity index (χ0) is 21.2. The van der Waals surface area contributed by atoms with Gasteiger partial charge in [-0.3, -0.25) is 0 Å². The Morgan fingerprint density at radius 2 is 2.07 bits per heavy atom. The van der Waals surface area contributed by atoms with E-state index in [4.69, 9.17) is 9.47 Å². The van der Waals surface area contributed by atoms with E-state index < -0.39 is 5.54 Å². The molecule has 4 aliphatic rings. The molecule has 1 saturated heterocycles. The fourth-order valence-electron chi connectivity index (χ4n) is 7.13. The number of epoxide rings is 1. The summed E-state index contributed by atoms with van der Waals surface area (Å²) in [6.07, 6.45) is 4.39. The predicted molar refractivity (Wildman–Crippen MR) is 118 cm³/mol. The molecule has 3 aliphatic carbocycles. The van der Waals surface area contributed by atoms with Gasteiger partial charge >= 0.3 is 6.09 Å². The minimum atomic E-state index is -0.501. The third-order valence-electron chi connectivity index (χ3n) is 8.61. The largest absolute Gasteiger partial charge is 0.450 e. The Morgan fingerprint density at radius 3 is 2.83 bits per heavy atom. The Labute approximate surface area is 180 Å². The van der Waals surface area contributed by atoms with Crippen LogP contribution in [0.1, 0.15) is 58.1 Å². The van der Waals surface area contributed by atoms with Crippen LogP contribution in [0.2, 0.25) is 0 Å². The Kier molecular flexibility index (Phi) is 4.77. The van der Waals surface area contributed by atoms with E-state index in [2.05, 4.69) is 24.9 Å². The van der Waals surface area contributed by atoms with Crippen molar-refractivity contribution in [3.8, 4) is 0 Å². The van der Waals surface area contributed by atoms with Gasteiger partial charge in [0.15, 0.2) is 0 Å². The highest BCUT2D eigenvalue weighted by Gasteiger charge is 2.68. The molecule has 1 amide bonds. The Bertz CT molecular complexity index is 862. The van der Waals surface area contributed by atoms with E-state index >= 15 is 0 Å². The van der Waals surface area contributed by atoms with Crippen LogP contribution in [0.4, 0.5) is 4.79 Å². The summed E-state index contributed by atoms with van der Waals surface area (Å²) in [6, 6.07) is 8.17. The number of carbonyl (C=O) groups excluding carboxylic acids is 1. The Balaban J connectivity index is 1.14. The van der Waals surface area contributed by atoms with Crippen LogP contribution in [0, 0.1) is 35.5 Å². The van der Waals surface area contributed by atoms with Crippen LogP contribution in [0.25, 0.3) is 5.57 Å². The normalized spacial score (nSPS) is 38.1. The highest BCUT2D eigenvalue weighted by molar-refractivity contribution is 5.69. The van der Waals surface area contributed by atoms with Gasteiger partial charge in [-0.15, -0.1) is 0 Å². The van der Waals surface area contributed by atoms with Gasteiger partial charge in [0.25, 0.3) is 0 Å². The van der Waals surface area contributed by atoms with E-state index in [0.29, 0.717) is 24.7 Å². The third kappa shape index (κ3) is 3.28. The summed E-state index contributed by atoms with van der Waals surface area (Å²) in [4.78, 5) is 12.5. The Morgan fingerprint density at radius 1 is 1.27 bits per heavy atom. The zero-order valence-corrected chi connectivity index (χ0v) is 18.7. The van der Waals surface area contributed by atoms with Crippen molar-refractivity contribution in [1.82, 2.24) is 5.32 Å². The van der Waals surface area contributed by atoms with Crippen LogP contribution >= 0.6 is 0 Å². The van der Waals surface area contributed by atoms with Crippen molar-refractivity contribution < 1.29 is 14.3 Å². The lowest BCUT2D eigenvalue weighted by molar-refractivity contribution is 0.0858. The zero-order valence-electron chi connectivity index (χ0n) is 18.7. The van der Waals surface area contributed by atoms with Crippen LogP contribution in [-0.2, 0) is 15.0 Å². The first-order chi connectivity index (χ1) is 14.3. The molecule has 3 saturated carbocycles. The average molecular weight is 410 g/mol. The minimum absolute atomic E-state index is 0.332. The van der Waals surface area contributed by atoms with Crippen molar-refractivity contribution >= 4 is 11.7 Å². The summed E-state index contributed by atoms with van der Waals surface area (Å²) < 4.78 is 11.5. The van der Waals surface area contributed by atoms with Crippen molar-refractivity contribution in [3.05, 3.63) is 42.0 Å². The number of nitrogens with one attached hydrogen (secondary N) is 1. The molecular formula is C26H35NO3. The summed E-state index contributed by atoms with van der Waals surface area (Å²) in [5, 5.41) is 3.05. The monoisotopic (exact) mass is 409 g/mol. The van der Waals surface area contributed by atoms with Crippen molar-refractivity contribution in [2.75, 3.05) is 6.61 Å². The van der Waals surface area contributed by atoms with Gasteiger partial charge in [0.2, 0.25) is 0 Å². The number of hydrogen-bond donors (Lipinski definition) is 1. The molecule has 4 nitrogen and oxygen atoms in total. The lowest BCUT2D eigenvalue weighted by atomic mass is 9.74. The molecule has 0 spiro atoms. The second-order valence-corrected chi connectivity index (χ2v) is 10.7. The number of ether oxygens (including phenoxy) is 2. The predicted octanol–water partition coefficient (Wildman–Crippen LogP) is 5.38. The van der Waals surface area contributed by atoms with Gasteiger partial charge in [0.1, 0.15) is 0 Å². The standard InChI is InChI=1S/C26H35NO3/c1-14(2)16-7-6-8-18(11-16)26(4,5)27-25(28)29-10-9-17-12-19-15(3)22(17)23-20(19)13-21-24(23)30-21/h6-8,11,15,17,19-24H,1,9-10,12-13H2,2-5H3,(H,27,28)/t15-,17?,19?,20?,21?,22?,23?,24?/m0/s1. The number of benzene rings is 1. The number of carbonyl (C=O) groups is 1. The van der Waals surface area contributed by atoms with E-state index in [1.165, 1.54) is 12.8 Å². The smallest absolute Gasteiger partial charge is 0.407 e. The molecule has 1 aliphatic heterocycles. The number of rotatable bonds is 6. The van der Waals surface area contributed by atoms with Crippen LogP contribution in [0.3, 0.4) is 0 Å². The number of allylic oxidation sites excluding steroid dienone is 1. The van der Waals surface area contributed by atoms with Crippen LogP contribution < -0.4 is 5.32 Å². The van der Waals surface area contributed by atoms with Gasteiger partial charge in [-0.25, -0.2) is 4.79 Å². The number of hydrogen-bond acceptors (Lipinski definition) is 3. The molecule has 7 unspecified atom stereocenters. The second-order valence-electron chi connectivity index (χ2n) is 10.7. The summed E-state index contributed by atoms with van der Waals surface area (Å²) in [5.41, 5.74) is 2.66. The van der Waals surface area contributed by atoms with Crippen LogP contribution in [0.5, 0.6) is 0 Å². The fraction of sp³-hybridized carbons (Fsp3) is 0.654. The highest BCUT2D eigenvalue weighted by Crippen LogP contribution is 2.68. The van der Waals surface area contributed by atoms with Gasteiger partial charge < -0.3 is 14.8 Å². The van der Waals surface area contributed by atoms with Gasteiger partial charge in [-0.05, 0) is 92.7 Å². The van der Waals surface area contributed by atoms with E-state index in [9.17, 15) is 4.79 Å². The molecule has 0 radical (unpaired) electrons. The van der Waals surface area contributed by atoms with E-state index in [1.807, 2.05) is 39.0 Å². The summed E-state index contributed by atoms with van der Waals surface area (Å²) in [6.45, 7) is 13.0. The lowest BCUT2D eigenvalue weighted by Gasteiger charge is -2.32. The third-order valence-corrected chi connectivity index (χ3v) is 8.61. The van der Waals surface area contributed by atoms with Crippen molar-refractivity contribution in [3.63, 3.8) is 0 Å². The van der Waals surface area contributed by atoms with Gasteiger partial charge in [0, 0.05) is 0 Å². The average Bonchev–Trinajstić information content (AvgIpc) is 3.15. The quantitative estimate of drug-likeness (QED) is 0.642. The lowest BCUT2D eigenvalue weighted by Crippen LogP contribution is -2.41. The fourth-order valence-corrected chi connectivity index (χ4v) is 7.13. The maximum absolute atomic E-state index is 12.5. The first-order valence-electron chi connectivity index (χ1n) is 11.6. The van der Waals surface area contributed by atoms with Gasteiger partial charge in [-0.2, -0.15) is 0 Å². The molecule has 0 aromatic heterocycles.